The number of esters is 1. The molecule has 0 aromatic heterocycles. The maximum absolute atomic E-state index is 12.3. The van der Waals surface area contributed by atoms with Crippen molar-refractivity contribution < 1.29 is 19.1 Å². The first-order chi connectivity index (χ1) is 12.5. The van der Waals surface area contributed by atoms with Gasteiger partial charge in [0, 0.05) is 11.3 Å². The van der Waals surface area contributed by atoms with Crippen molar-refractivity contribution in [1.82, 2.24) is 0 Å². The number of hydrogen-bond donors (Lipinski definition) is 1. The molecule has 0 bridgehead atoms. The number of benzene rings is 2. The predicted octanol–water partition coefficient (Wildman–Crippen LogP) is 4.22. The van der Waals surface area contributed by atoms with E-state index in [0.717, 1.165) is 24.9 Å². The summed E-state index contributed by atoms with van der Waals surface area (Å²) in [6.45, 7) is 3.78. The van der Waals surface area contributed by atoms with Gasteiger partial charge in [0.2, 0.25) is 0 Å². The summed E-state index contributed by atoms with van der Waals surface area (Å²) in [6.07, 6.45) is 2.67. The Morgan fingerprint density at radius 1 is 1.04 bits per heavy atom. The average molecular weight is 355 g/mol. The predicted molar refractivity (Wildman–Crippen MR) is 102 cm³/mol. The van der Waals surface area contributed by atoms with E-state index < -0.39 is 12.1 Å². The second-order valence-electron chi connectivity index (χ2n) is 6.06. The Morgan fingerprint density at radius 2 is 1.69 bits per heavy atom. The van der Waals surface area contributed by atoms with Gasteiger partial charge in [0.25, 0.3) is 5.91 Å². The van der Waals surface area contributed by atoms with Gasteiger partial charge in [-0.1, -0.05) is 25.5 Å². The molecule has 1 atom stereocenters. The van der Waals surface area contributed by atoms with Crippen molar-refractivity contribution in [2.45, 2.75) is 39.2 Å². The molecule has 0 heterocycles. The molecule has 2 aromatic rings. The number of hydrogen-bond acceptors (Lipinski definition) is 4. The van der Waals surface area contributed by atoms with Crippen molar-refractivity contribution in [3.63, 3.8) is 0 Å². The zero-order chi connectivity index (χ0) is 18.9. The third-order valence-corrected chi connectivity index (χ3v) is 3.99. The number of nitrogens with one attached hydrogen (secondary N) is 1. The van der Waals surface area contributed by atoms with E-state index in [1.165, 1.54) is 12.7 Å². The fourth-order valence-electron chi connectivity index (χ4n) is 2.44. The molecule has 2 rings (SSSR count). The van der Waals surface area contributed by atoms with E-state index in [1.54, 1.807) is 31.2 Å². The summed E-state index contributed by atoms with van der Waals surface area (Å²) in [4.78, 5) is 23.7. The van der Waals surface area contributed by atoms with E-state index >= 15 is 0 Å². The molecule has 2 aromatic carbocycles. The van der Waals surface area contributed by atoms with Crippen LogP contribution in [0.3, 0.4) is 0 Å². The van der Waals surface area contributed by atoms with Gasteiger partial charge in [0.1, 0.15) is 5.75 Å². The molecule has 0 aliphatic rings. The minimum atomic E-state index is -0.703. The number of amides is 1. The number of rotatable bonds is 8. The molecule has 0 saturated carbocycles. The lowest BCUT2D eigenvalue weighted by Gasteiger charge is -2.12. The fourth-order valence-corrected chi connectivity index (χ4v) is 2.44. The van der Waals surface area contributed by atoms with Crippen molar-refractivity contribution in [2.24, 2.45) is 0 Å². The Kier molecular flexibility index (Phi) is 7.21. The van der Waals surface area contributed by atoms with E-state index in [-0.39, 0.29) is 5.91 Å². The lowest BCUT2D eigenvalue weighted by Crippen LogP contribution is -2.24. The monoisotopic (exact) mass is 355 g/mol. The Hall–Kier alpha value is -2.82. The lowest BCUT2D eigenvalue weighted by atomic mass is 10.1. The highest BCUT2D eigenvalue weighted by molar-refractivity contribution is 6.04. The van der Waals surface area contributed by atoms with Crippen LogP contribution in [-0.2, 0) is 16.0 Å². The van der Waals surface area contributed by atoms with Crippen LogP contribution in [0.25, 0.3) is 0 Å². The van der Waals surface area contributed by atoms with Gasteiger partial charge in [-0.15, -0.1) is 0 Å². The van der Waals surface area contributed by atoms with Crippen molar-refractivity contribution >= 4 is 17.6 Å². The van der Waals surface area contributed by atoms with Gasteiger partial charge in [-0.25, -0.2) is 4.79 Å². The summed E-state index contributed by atoms with van der Waals surface area (Å²) in [7, 11) is 1.31. The van der Waals surface area contributed by atoms with Crippen LogP contribution in [0, 0.1) is 0 Å². The first-order valence-electron chi connectivity index (χ1n) is 8.78. The van der Waals surface area contributed by atoms with E-state index in [0.29, 0.717) is 11.3 Å². The maximum atomic E-state index is 12.3. The van der Waals surface area contributed by atoms with Crippen LogP contribution in [0.1, 0.15) is 42.6 Å². The molecule has 0 aliphatic heterocycles. The van der Waals surface area contributed by atoms with Crippen LogP contribution in [0.5, 0.6) is 5.75 Å². The van der Waals surface area contributed by atoms with Crippen molar-refractivity contribution in [2.75, 3.05) is 12.4 Å². The van der Waals surface area contributed by atoms with Crippen molar-refractivity contribution in [3.05, 3.63) is 59.7 Å². The second kappa shape index (κ2) is 9.61. The number of carbonyl (C=O) groups excluding carboxylic acids is 2. The molecule has 1 N–H and O–H groups in total. The summed E-state index contributed by atoms with van der Waals surface area (Å²) in [6, 6.07) is 14.5. The average Bonchev–Trinajstić information content (AvgIpc) is 2.67. The normalized spacial score (nSPS) is 11.5. The van der Waals surface area contributed by atoms with E-state index in [2.05, 4.69) is 17.0 Å². The van der Waals surface area contributed by atoms with Crippen LogP contribution in [-0.4, -0.2) is 25.1 Å². The highest BCUT2D eigenvalue weighted by Gasteiger charge is 2.15. The molecular weight excluding hydrogens is 330 g/mol. The zero-order valence-electron chi connectivity index (χ0n) is 15.5. The minimum Gasteiger partial charge on any atom is -0.479 e. The SMILES string of the molecule is CCCCc1ccc(NC(=O)c2ccc(OC(C)C(=O)OC)cc2)cc1. The van der Waals surface area contributed by atoms with Gasteiger partial charge in [0.15, 0.2) is 6.10 Å². The van der Waals surface area contributed by atoms with Crippen LogP contribution in [0.4, 0.5) is 5.69 Å². The zero-order valence-corrected chi connectivity index (χ0v) is 15.5. The molecule has 5 heteroatoms. The molecule has 0 spiro atoms. The molecule has 1 amide bonds. The minimum absolute atomic E-state index is 0.195. The number of carbonyl (C=O) groups is 2. The van der Waals surface area contributed by atoms with Crippen LogP contribution < -0.4 is 10.1 Å². The number of aryl methyl sites for hydroxylation is 1. The van der Waals surface area contributed by atoms with E-state index in [9.17, 15) is 9.59 Å². The molecule has 0 aliphatic carbocycles. The smallest absolute Gasteiger partial charge is 0.346 e. The number of ether oxygens (including phenoxy) is 2. The summed E-state index contributed by atoms with van der Waals surface area (Å²) < 4.78 is 10.1. The van der Waals surface area contributed by atoms with Gasteiger partial charge >= 0.3 is 5.97 Å². The molecule has 1 unspecified atom stereocenters. The van der Waals surface area contributed by atoms with E-state index in [4.69, 9.17) is 4.74 Å². The molecule has 0 saturated heterocycles. The molecule has 0 fully saturated rings. The van der Waals surface area contributed by atoms with Gasteiger partial charge in [-0.3, -0.25) is 4.79 Å². The third kappa shape index (κ3) is 5.62. The fraction of sp³-hybridized carbons (Fsp3) is 0.333. The van der Waals surface area contributed by atoms with Crippen LogP contribution in [0.15, 0.2) is 48.5 Å². The molecule has 0 radical (unpaired) electrons. The van der Waals surface area contributed by atoms with Gasteiger partial charge in [0.05, 0.1) is 7.11 Å². The Labute approximate surface area is 154 Å². The van der Waals surface area contributed by atoms with Crippen molar-refractivity contribution in [1.29, 1.82) is 0 Å². The summed E-state index contributed by atoms with van der Waals surface area (Å²) in [5.41, 5.74) is 2.54. The Morgan fingerprint density at radius 3 is 2.27 bits per heavy atom. The molecule has 5 nitrogen and oxygen atoms in total. The standard InChI is InChI=1S/C21H25NO4/c1-4-5-6-16-7-11-18(12-8-16)22-20(23)17-9-13-19(14-10-17)26-15(2)21(24)25-3/h7-15H,4-6H2,1-3H3,(H,22,23). The quantitative estimate of drug-likeness (QED) is 0.720. The molecule has 138 valence electrons. The number of unbranched alkanes of at least 4 members (excludes halogenated alkanes) is 1. The van der Waals surface area contributed by atoms with Gasteiger partial charge in [-0.05, 0) is 61.7 Å². The second-order valence-corrected chi connectivity index (χ2v) is 6.06. The lowest BCUT2D eigenvalue weighted by molar-refractivity contribution is -0.147. The third-order valence-electron chi connectivity index (χ3n) is 3.99. The Balaban J connectivity index is 1.94. The molecular formula is C21H25NO4. The summed E-state index contributed by atoms with van der Waals surface area (Å²) in [5.74, 6) is -0.146. The first kappa shape index (κ1) is 19.5. The largest absolute Gasteiger partial charge is 0.479 e. The van der Waals surface area contributed by atoms with Gasteiger partial charge in [-0.2, -0.15) is 0 Å². The van der Waals surface area contributed by atoms with Crippen molar-refractivity contribution in [3.8, 4) is 5.75 Å². The van der Waals surface area contributed by atoms with Crippen LogP contribution in [0.2, 0.25) is 0 Å². The van der Waals surface area contributed by atoms with E-state index in [1.807, 2.05) is 24.3 Å². The molecule has 26 heavy (non-hydrogen) atoms. The summed E-state index contributed by atoms with van der Waals surface area (Å²) in [5, 5.41) is 2.88. The van der Waals surface area contributed by atoms with Gasteiger partial charge < -0.3 is 14.8 Å². The number of methoxy groups -OCH3 is 1. The summed E-state index contributed by atoms with van der Waals surface area (Å²) >= 11 is 0. The Bertz CT molecular complexity index is 723. The highest BCUT2D eigenvalue weighted by Crippen LogP contribution is 2.17. The highest BCUT2D eigenvalue weighted by atomic mass is 16.6. The number of anilines is 1. The maximum Gasteiger partial charge on any atom is 0.346 e. The first-order valence-corrected chi connectivity index (χ1v) is 8.78. The van der Waals surface area contributed by atoms with Crippen LogP contribution >= 0.6 is 0 Å². The topological polar surface area (TPSA) is 64.6 Å².